The number of carboxylic acid groups (broad SMARTS) is 1. The fourth-order valence-corrected chi connectivity index (χ4v) is 3.29. The number of likely N-dealkylation sites (tertiary alicyclic amines) is 1. The van der Waals surface area contributed by atoms with E-state index in [1.807, 2.05) is 12.1 Å². The average molecular weight is 275 g/mol. The Morgan fingerprint density at radius 3 is 3.05 bits per heavy atom. The second kappa shape index (κ2) is 5.83. The minimum Gasteiger partial charge on any atom is -0.488 e. The van der Waals surface area contributed by atoms with Crippen molar-refractivity contribution in [3.8, 4) is 5.75 Å². The monoisotopic (exact) mass is 275 g/mol. The SMILES string of the molecule is O=C(O)CCC1CCN(CC2Cc3ccccc3O2)C1. The minimum atomic E-state index is -0.682. The molecule has 2 aliphatic heterocycles. The van der Waals surface area contributed by atoms with Crippen LogP contribution in [0.3, 0.4) is 0 Å². The fourth-order valence-electron chi connectivity index (χ4n) is 3.29. The van der Waals surface area contributed by atoms with Crippen LogP contribution >= 0.6 is 0 Å². The number of fused-ring (bicyclic) bond motifs is 1. The molecule has 1 saturated heterocycles. The number of nitrogens with zero attached hydrogens (tertiary/aromatic N) is 1. The van der Waals surface area contributed by atoms with Gasteiger partial charge in [0.25, 0.3) is 0 Å². The summed E-state index contributed by atoms with van der Waals surface area (Å²) in [6, 6.07) is 8.24. The number of aliphatic carboxylic acids is 1. The highest BCUT2D eigenvalue weighted by Crippen LogP contribution is 2.29. The third-order valence-electron chi connectivity index (χ3n) is 4.31. The van der Waals surface area contributed by atoms with Crippen molar-refractivity contribution < 1.29 is 14.6 Å². The molecule has 0 bridgehead atoms. The Morgan fingerprint density at radius 2 is 2.25 bits per heavy atom. The van der Waals surface area contributed by atoms with Gasteiger partial charge in [-0.1, -0.05) is 18.2 Å². The van der Waals surface area contributed by atoms with Crippen LogP contribution in [0.25, 0.3) is 0 Å². The third-order valence-corrected chi connectivity index (χ3v) is 4.31. The van der Waals surface area contributed by atoms with Crippen molar-refractivity contribution in [3.63, 3.8) is 0 Å². The minimum absolute atomic E-state index is 0.255. The van der Waals surface area contributed by atoms with Gasteiger partial charge in [-0.2, -0.15) is 0 Å². The molecule has 2 heterocycles. The van der Waals surface area contributed by atoms with Crippen molar-refractivity contribution in [1.29, 1.82) is 0 Å². The molecule has 0 spiro atoms. The second-order valence-corrected chi connectivity index (χ2v) is 5.90. The molecule has 1 fully saturated rings. The fraction of sp³-hybridized carbons (Fsp3) is 0.562. The number of benzene rings is 1. The molecule has 20 heavy (non-hydrogen) atoms. The molecule has 4 heteroatoms. The van der Waals surface area contributed by atoms with Gasteiger partial charge >= 0.3 is 5.97 Å². The zero-order valence-corrected chi connectivity index (χ0v) is 11.6. The first kappa shape index (κ1) is 13.4. The van der Waals surface area contributed by atoms with Crippen LogP contribution in [-0.4, -0.2) is 41.7 Å². The summed E-state index contributed by atoms with van der Waals surface area (Å²) in [6.07, 6.45) is 3.46. The molecule has 0 aliphatic carbocycles. The smallest absolute Gasteiger partial charge is 0.303 e. The van der Waals surface area contributed by atoms with Crippen LogP contribution < -0.4 is 4.74 Å². The van der Waals surface area contributed by atoms with Crippen molar-refractivity contribution in [2.75, 3.05) is 19.6 Å². The van der Waals surface area contributed by atoms with E-state index in [0.717, 1.165) is 44.6 Å². The maximum Gasteiger partial charge on any atom is 0.303 e. The summed E-state index contributed by atoms with van der Waals surface area (Å²) in [5.74, 6) is 0.882. The van der Waals surface area contributed by atoms with Crippen LogP contribution in [0.2, 0.25) is 0 Å². The van der Waals surface area contributed by atoms with E-state index in [2.05, 4.69) is 17.0 Å². The van der Waals surface area contributed by atoms with E-state index in [1.54, 1.807) is 0 Å². The number of para-hydroxylation sites is 1. The average Bonchev–Trinajstić information content (AvgIpc) is 3.02. The van der Waals surface area contributed by atoms with Crippen LogP contribution in [0, 0.1) is 5.92 Å². The highest BCUT2D eigenvalue weighted by atomic mass is 16.5. The van der Waals surface area contributed by atoms with Crippen molar-refractivity contribution in [1.82, 2.24) is 4.90 Å². The Balaban J connectivity index is 1.46. The molecule has 1 N–H and O–H groups in total. The molecule has 3 rings (SSSR count). The first-order valence-electron chi connectivity index (χ1n) is 7.39. The molecule has 2 atom stereocenters. The van der Waals surface area contributed by atoms with Gasteiger partial charge in [0.05, 0.1) is 0 Å². The lowest BCUT2D eigenvalue weighted by atomic mass is 10.0. The molecule has 0 radical (unpaired) electrons. The van der Waals surface area contributed by atoms with Crippen molar-refractivity contribution in [2.24, 2.45) is 5.92 Å². The lowest BCUT2D eigenvalue weighted by molar-refractivity contribution is -0.137. The first-order valence-corrected chi connectivity index (χ1v) is 7.39. The maximum absolute atomic E-state index is 10.6. The molecule has 2 aliphatic rings. The summed E-state index contributed by atoms with van der Waals surface area (Å²) in [6.45, 7) is 3.04. The molecule has 108 valence electrons. The van der Waals surface area contributed by atoms with Gasteiger partial charge in [-0.05, 0) is 36.9 Å². The summed E-state index contributed by atoms with van der Waals surface area (Å²) < 4.78 is 5.97. The normalized spacial score (nSPS) is 25.4. The van der Waals surface area contributed by atoms with Gasteiger partial charge < -0.3 is 9.84 Å². The van der Waals surface area contributed by atoms with E-state index in [1.165, 1.54) is 5.56 Å². The third kappa shape index (κ3) is 3.12. The number of hydrogen-bond acceptors (Lipinski definition) is 3. The first-order chi connectivity index (χ1) is 9.70. The van der Waals surface area contributed by atoms with Gasteiger partial charge in [0.1, 0.15) is 11.9 Å². The Morgan fingerprint density at radius 1 is 1.40 bits per heavy atom. The van der Waals surface area contributed by atoms with Crippen LogP contribution in [0.4, 0.5) is 0 Å². The van der Waals surface area contributed by atoms with Gasteiger partial charge in [0.15, 0.2) is 0 Å². The lowest BCUT2D eigenvalue weighted by Crippen LogP contribution is -2.33. The van der Waals surface area contributed by atoms with Crippen LogP contribution in [0.15, 0.2) is 24.3 Å². The molecule has 2 unspecified atom stereocenters. The summed E-state index contributed by atoms with van der Waals surface area (Å²) in [4.78, 5) is 13.0. The molecule has 0 aromatic heterocycles. The molecule has 0 amide bonds. The second-order valence-electron chi connectivity index (χ2n) is 5.90. The standard InChI is InChI=1S/C16H21NO3/c18-16(19)6-5-12-7-8-17(10-12)11-14-9-13-3-1-2-4-15(13)20-14/h1-4,12,14H,5-11H2,(H,18,19). The number of ether oxygens (including phenoxy) is 1. The molecule has 1 aromatic rings. The van der Waals surface area contributed by atoms with Crippen LogP contribution in [0.5, 0.6) is 5.75 Å². The predicted molar refractivity (Wildman–Crippen MR) is 76.0 cm³/mol. The number of carbonyl (C=O) groups is 1. The lowest BCUT2D eigenvalue weighted by Gasteiger charge is -2.20. The summed E-state index contributed by atoms with van der Waals surface area (Å²) in [5.41, 5.74) is 1.30. The van der Waals surface area contributed by atoms with E-state index in [9.17, 15) is 4.79 Å². The molecular weight excluding hydrogens is 254 g/mol. The van der Waals surface area contributed by atoms with E-state index in [4.69, 9.17) is 9.84 Å². The van der Waals surface area contributed by atoms with Crippen LogP contribution in [0.1, 0.15) is 24.8 Å². The van der Waals surface area contributed by atoms with Crippen molar-refractivity contribution >= 4 is 5.97 Å². The van der Waals surface area contributed by atoms with E-state index >= 15 is 0 Å². The Bertz CT molecular complexity index is 463. The molecule has 1 aromatic carbocycles. The predicted octanol–water partition coefficient (Wildman–Crippen LogP) is 2.18. The van der Waals surface area contributed by atoms with Crippen molar-refractivity contribution in [3.05, 3.63) is 29.8 Å². The van der Waals surface area contributed by atoms with E-state index in [0.29, 0.717) is 12.3 Å². The van der Waals surface area contributed by atoms with Crippen LogP contribution in [-0.2, 0) is 11.2 Å². The van der Waals surface area contributed by atoms with Gasteiger partial charge in [-0.3, -0.25) is 9.69 Å². The van der Waals surface area contributed by atoms with E-state index < -0.39 is 5.97 Å². The highest BCUT2D eigenvalue weighted by molar-refractivity contribution is 5.66. The molecular formula is C16H21NO3. The molecule has 0 saturated carbocycles. The molecule has 4 nitrogen and oxygen atoms in total. The van der Waals surface area contributed by atoms with Crippen molar-refractivity contribution in [2.45, 2.75) is 31.8 Å². The maximum atomic E-state index is 10.6. The Labute approximate surface area is 119 Å². The number of carboxylic acids is 1. The Kier molecular flexibility index (Phi) is 3.92. The zero-order valence-electron chi connectivity index (χ0n) is 11.6. The van der Waals surface area contributed by atoms with Gasteiger partial charge in [0.2, 0.25) is 0 Å². The summed E-state index contributed by atoms with van der Waals surface area (Å²) >= 11 is 0. The van der Waals surface area contributed by atoms with Gasteiger partial charge in [-0.25, -0.2) is 0 Å². The van der Waals surface area contributed by atoms with Gasteiger partial charge in [0, 0.05) is 25.9 Å². The van der Waals surface area contributed by atoms with E-state index in [-0.39, 0.29) is 6.10 Å². The quantitative estimate of drug-likeness (QED) is 0.895. The summed E-state index contributed by atoms with van der Waals surface area (Å²) in [5, 5.41) is 8.74. The topological polar surface area (TPSA) is 49.8 Å². The highest BCUT2D eigenvalue weighted by Gasteiger charge is 2.28. The largest absolute Gasteiger partial charge is 0.488 e. The Hall–Kier alpha value is -1.55. The zero-order chi connectivity index (χ0) is 13.9. The number of hydrogen-bond donors (Lipinski definition) is 1. The number of rotatable bonds is 5. The summed E-state index contributed by atoms with van der Waals surface area (Å²) in [7, 11) is 0. The van der Waals surface area contributed by atoms with Gasteiger partial charge in [-0.15, -0.1) is 0 Å².